The SMILES string of the molecule is CC(=O)N[C@H]1[C@H](O[C@@H]([C@H](O)[C@H](CO)NC(C)=O)[C@H](O)CO)O[C@H](CO)[C@@H](O[C@@H]2O[C@H](CO[C@H]3O[C@H](CO)[C@@H](O)[C@H](O)[C@@H]3O)[C@@H](O[C@@H]3O[C@H](CO)[C@@H](O)[C@H](O)[C@H]3NC(C)=O)[C@H](O[C@H]3O[C@H](CO)[C@@H](O)[C@H](O)[C@@H]3O)[C@@H]2O)[C@@H]1O. The van der Waals surface area contributed by atoms with Gasteiger partial charge in [0.25, 0.3) is 0 Å². The molecule has 5 rings (SSSR count). The second-order valence-corrected chi connectivity index (χ2v) is 18.8. The molecule has 29 atom stereocenters. The maximum absolute atomic E-state index is 12.7. The van der Waals surface area contributed by atoms with Crippen LogP contribution in [0.25, 0.3) is 0 Å². The van der Waals surface area contributed by atoms with Gasteiger partial charge in [-0.15, -0.1) is 0 Å². The highest BCUT2D eigenvalue weighted by atomic mass is 16.8. The molecule has 5 heterocycles. The van der Waals surface area contributed by atoms with Crippen LogP contribution in [-0.2, 0) is 61.8 Å². The number of hydrogen-bond acceptors (Lipinski definition) is 31. The molecule has 0 saturated carbocycles. The number of hydrogen-bond donors (Lipinski definition) is 21. The highest BCUT2D eigenvalue weighted by molar-refractivity contribution is 5.74. The Balaban J connectivity index is 1.59. The Labute approximate surface area is 431 Å². The van der Waals surface area contributed by atoms with E-state index in [0.717, 1.165) is 20.8 Å². The van der Waals surface area contributed by atoms with Crippen molar-refractivity contribution >= 4 is 17.7 Å². The molecule has 5 fully saturated rings. The van der Waals surface area contributed by atoms with Crippen LogP contribution in [-0.4, -0.2) is 334 Å². The van der Waals surface area contributed by atoms with Crippen molar-refractivity contribution in [2.45, 2.75) is 199 Å². The van der Waals surface area contributed by atoms with Crippen molar-refractivity contribution in [2.24, 2.45) is 0 Å². The summed E-state index contributed by atoms with van der Waals surface area (Å²) in [5.41, 5.74) is 0. The van der Waals surface area contributed by atoms with Crippen molar-refractivity contribution in [3.05, 3.63) is 0 Å². The van der Waals surface area contributed by atoms with Gasteiger partial charge in [0.1, 0.15) is 140 Å². The first-order valence-electron chi connectivity index (χ1n) is 24.0. The van der Waals surface area contributed by atoms with Crippen LogP contribution in [0.15, 0.2) is 0 Å². The average Bonchev–Trinajstić information content (AvgIpc) is 3.38. The Kier molecular flexibility index (Phi) is 24.1. The first kappa shape index (κ1) is 64.1. The van der Waals surface area contributed by atoms with Crippen molar-refractivity contribution < 1.29 is 154 Å². The molecular formula is C42H73N3O31. The number of aliphatic hydroxyl groups excluding tert-OH is 18. The topological polar surface area (TPSA) is 544 Å². The smallest absolute Gasteiger partial charge is 0.217 e. The van der Waals surface area contributed by atoms with E-state index in [2.05, 4.69) is 16.0 Å². The number of carbonyl (C=O) groups excluding carboxylic acids is 3. The summed E-state index contributed by atoms with van der Waals surface area (Å²) in [7, 11) is 0. The van der Waals surface area contributed by atoms with E-state index in [-0.39, 0.29) is 0 Å². The Morgan fingerprint density at radius 3 is 1.38 bits per heavy atom. The number of nitrogens with one attached hydrogen (secondary N) is 3. The van der Waals surface area contributed by atoms with Gasteiger partial charge in [0.2, 0.25) is 17.7 Å². The lowest BCUT2D eigenvalue weighted by atomic mass is 9.94. The van der Waals surface area contributed by atoms with Crippen LogP contribution in [0.3, 0.4) is 0 Å². The summed E-state index contributed by atoms with van der Waals surface area (Å²) in [4.78, 5) is 37.0. The first-order chi connectivity index (χ1) is 35.9. The predicted molar refractivity (Wildman–Crippen MR) is 236 cm³/mol. The lowest BCUT2D eigenvalue weighted by Gasteiger charge is -2.51. The van der Waals surface area contributed by atoms with Gasteiger partial charge in [-0.1, -0.05) is 0 Å². The standard InChI is InChI=1S/C42H73N3O31/c1-11(52)43-14(4-46)23(56)34(15(55)5-47)73-39-22(45-13(3)54)28(61)35(19(9-51)71-39)74-42-33(66)37(76-41-32(65)30(63)26(59)18(8-50)70-41)36(75-38-21(44-12(2)53)27(60)24(57)16(6-48)68-38)20(72-42)10-67-40-31(64)29(62)25(58)17(7-49)69-40/h14-42,46-51,55-66H,4-10H2,1-3H3,(H,43,52)(H,44,53)(H,45,54)/t14-,15+,16+,17+,18+,19+,20+,21+,22+,23+,24+,25+,26+,27+,28+,29-,30-,31-,32-,33-,34+,35+,36+,37+,38-,39-,40-,41+,42-/m0/s1. The quantitative estimate of drug-likeness (QED) is 0.0452. The van der Waals surface area contributed by atoms with Crippen LogP contribution in [0.2, 0.25) is 0 Å². The number of carbonyl (C=O) groups is 3. The van der Waals surface area contributed by atoms with Crippen LogP contribution in [0, 0.1) is 0 Å². The van der Waals surface area contributed by atoms with Gasteiger partial charge in [0, 0.05) is 20.8 Å². The molecule has 76 heavy (non-hydrogen) atoms. The summed E-state index contributed by atoms with van der Waals surface area (Å²) >= 11 is 0. The van der Waals surface area contributed by atoms with Crippen LogP contribution in [0.4, 0.5) is 0 Å². The van der Waals surface area contributed by atoms with E-state index in [0.29, 0.717) is 0 Å². The number of rotatable bonds is 23. The van der Waals surface area contributed by atoms with Gasteiger partial charge in [-0.2, -0.15) is 0 Å². The van der Waals surface area contributed by atoms with Crippen LogP contribution >= 0.6 is 0 Å². The molecule has 0 spiro atoms. The van der Waals surface area contributed by atoms with E-state index in [4.69, 9.17) is 47.4 Å². The van der Waals surface area contributed by atoms with Gasteiger partial charge in [0.15, 0.2) is 31.5 Å². The summed E-state index contributed by atoms with van der Waals surface area (Å²) in [6, 6.07) is -5.16. The zero-order valence-electron chi connectivity index (χ0n) is 41.0. The molecule has 34 heteroatoms. The normalized spacial score (nSPS) is 43.8. The van der Waals surface area contributed by atoms with Crippen molar-refractivity contribution in [1.29, 1.82) is 0 Å². The van der Waals surface area contributed by atoms with E-state index < -0.39 is 242 Å². The van der Waals surface area contributed by atoms with E-state index in [1.807, 2.05) is 0 Å². The number of ether oxygens (including phenoxy) is 10. The monoisotopic (exact) mass is 1120 g/mol. The fourth-order valence-electron chi connectivity index (χ4n) is 9.21. The highest BCUT2D eigenvalue weighted by Crippen LogP contribution is 2.37. The minimum absolute atomic E-state index is 0.755. The second-order valence-electron chi connectivity index (χ2n) is 18.8. The Morgan fingerprint density at radius 2 is 0.882 bits per heavy atom. The zero-order chi connectivity index (χ0) is 56.6. The molecule has 0 radical (unpaired) electrons. The summed E-state index contributed by atoms with van der Waals surface area (Å²) < 4.78 is 58.9. The molecule has 0 unspecified atom stereocenters. The molecule has 3 amide bonds. The molecule has 5 aliphatic heterocycles. The summed E-state index contributed by atoms with van der Waals surface area (Å²) in [6.45, 7) is -4.12. The second kappa shape index (κ2) is 28.6. The van der Waals surface area contributed by atoms with Crippen LogP contribution in [0.1, 0.15) is 20.8 Å². The van der Waals surface area contributed by atoms with Crippen molar-refractivity contribution in [1.82, 2.24) is 16.0 Å². The lowest BCUT2D eigenvalue weighted by Crippen LogP contribution is -2.70. The summed E-state index contributed by atoms with van der Waals surface area (Å²) in [5.74, 6) is -2.49. The van der Waals surface area contributed by atoms with Gasteiger partial charge in [-0.25, -0.2) is 0 Å². The largest absolute Gasteiger partial charge is 0.394 e. The van der Waals surface area contributed by atoms with Crippen molar-refractivity contribution in [2.75, 3.05) is 46.2 Å². The third-order valence-corrected chi connectivity index (χ3v) is 13.3. The summed E-state index contributed by atoms with van der Waals surface area (Å²) in [6.07, 6.45) is -52.2. The minimum atomic E-state index is -2.41. The lowest BCUT2D eigenvalue weighted by molar-refractivity contribution is -0.397. The fourth-order valence-corrected chi connectivity index (χ4v) is 9.21. The van der Waals surface area contributed by atoms with Crippen molar-refractivity contribution in [3.8, 4) is 0 Å². The molecule has 0 aromatic heterocycles. The zero-order valence-corrected chi connectivity index (χ0v) is 41.0. The fraction of sp³-hybridized carbons (Fsp3) is 0.929. The van der Waals surface area contributed by atoms with Crippen molar-refractivity contribution in [3.63, 3.8) is 0 Å². The maximum Gasteiger partial charge on any atom is 0.217 e. The molecule has 5 saturated heterocycles. The van der Waals surface area contributed by atoms with Crippen LogP contribution in [0.5, 0.6) is 0 Å². The van der Waals surface area contributed by atoms with Gasteiger partial charge < -0.3 is 155 Å². The molecule has 5 aliphatic rings. The highest BCUT2D eigenvalue weighted by Gasteiger charge is 2.58. The summed E-state index contributed by atoms with van der Waals surface area (Å²) in [5, 5.41) is 200. The van der Waals surface area contributed by atoms with E-state index in [9.17, 15) is 106 Å². The van der Waals surface area contributed by atoms with Crippen LogP contribution < -0.4 is 16.0 Å². The Hall–Kier alpha value is -2.71. The van der Waals surface area contributed by atoms with E-state index in [1.54, 1.807) is 0 Å². The Morgan fingerprint density at radius 1 is 0.447 bits per heavy atom. The molecule has 442 valence electrons. The molecule has 21 N–H and O–H groups in total. The molecule has 0 bridgehead atoms. The minimum Gasteiger partial charge on any atom is -0.394 e. The Bertz CT molecular complexity index is 1820. The molecule has 34 nitrogen and oxygen atoms in total. The molecule has 0 aromatic rings. The van der Waals surface area contributed by atoms with Gasteiger partial charge in [0.05, 0.1) is 52.3 Å². The average molecular weight is 1120 g/mol. The molecular weight excluding hydrogens is 1040 g/mol. The van der Waals surface area contributed by atoms with Gasteiger partial charge >= 0.3 is 0 Å². The molecule has 0 aliphatic carbocycles. The maximum atomic E-state index is 12.7. The van der Waals surface area contributed by atoms with Gasteiger partial charge in [-0.3, -0.25) is 14.4 Å². The van der Waals surface area contributed by atoms with E-state index >= 15 is 0 Å². The van der Waals surface area contributed by atoms with Gasteiger partial charge in [-0.05, 0) is 0 Å². The molecule has 0 aromatic carbocycles. The third kappa shape index (κ3) is 14.8. The number of aliphatic hydroxyl groups is 18. The first-order valence-corrected chi connectivity index (χ1v) is 24.0. The third-order valence-electron chi connectivity index (χ3n) is 13.3. The van der Waals surface area contributed by atoms with E-state index in [1.165, 1.54) is 0 Å². The predicted octanol–water partition coefficient (Wildman–Crippen LogP) is -14.0. The number of amides is 3.